The maximum Gasteiger partial charge on any atom is 0.371 e. The minimum atomic E-state index is -1.11. The molecule has 2 rings (SSSR count). The standard InChI is InChI=1S/C10H8N2O4/c13-6-7-3-4-12(11-7)5-8-1-2-9(16-8)10(14)15/h1-4,6H,5H2,(H,14,15). The van der Waals surface area contributed by atoms with Gasteiger partial charge in [-0.3, -0.25) is 9.48 Å². The summed E-state index contributed by atoms with van der Waals surface area (Å²) >= 11 is 0. The molecule has 0 unspecified atom stereocenters. The van der Waals surface area contributed by atoms with Gasteiger partial charge in [-0.25, -0.2) is 4.79 Å². The zero-order valence-corrected chi connectivity index (χ0v) is 8.16. The van der Waals surface area contributed by atoms with E-state index in [0.717, 1.165) is 0 Å². The van der Waals surface area contributed by atoms with Gasteiger partial charge in [0.25, 0.3) is 0 Å². The van der Waals surface area contributed by atoms with Crippen molar-refractivity contribution < 1.29 is 19.1 Å². The molecule has 0 aliphatic carbocycles. The van der Waals surface area contributed by atoms with Crippen molar-refractivity contribution in [2.24, 2.45) is 0 Å². The van der Waals surface area contributed by atoms with Gasteiger partial charge < -0.3 is 9.52 Å². The summed E-state index contributed by atoms with van der Waals surface area (Å²) in [7, 11) is 0. The fourth-order valence-electron chi connectivity index (χ4n) is 1.27. The zero-order valence-electron chi connectivity index (χ0n) is 8.16. The lowest BCUT2D eigenvalue weighted by molar-refractivity contribution is 0.0660. The minimum Gasteiger partial charge on any atom is -0.475 e. The Morgan fingerprint density at radius 1 is 1.50 bits per heavy atom. The number of rotatable bonds is 4. The highest BCUT2D eigenvalue weighted by Crippen LogP contribution is 2.09. The molecule has 1 N–H and O–H groups in total. The van der Waals surface area contributed by atoms with Gasteiger partial charge in [0.15, 0.2) is 6.29 Å². The van der Waals surface area contributed by atoms with Crippen LogP contribution in [0.1, 0.15) is 26.8 Å². The van der Waals surface area contributed by atoms with Crippen LogP contribution < -0.4 is 0 Å². The van der Waals surface area contributed by atoms with Crippen molar-refractivity contribution in [2.75, 3.05) is 0 Å². The Kier molecular flexibility index (Phi) is 2.55. The second-order valence-electron chi connectivity index (χ2n) is 3.13. The van der Waals surface area contributed by atoms with Crippen molar-refractivity contribution in [2.45, 2.75) is 6.54 Å². The number of carbonyl (C=O) groups excluding carboxylic acids is 1. The van der Waals surface area contributed by atoms with Crippen molar-refractivity contribution in [1.82, 2.24) is 9.78 Å². The minimum absolute atomic E-state index is 0.113. The molecule has 82 valence electrons. The molecule has 6 heteroatoms. The highest BCUT2D eigenvalue weighted by atomic mass is 16.4. The van der Waals surface area contributed by atoms with E-state index < -0.39 is 5.97 Å². The summed E-state index contributed by atoms with van der Waals surface area (Å²) in [6, 6.07) is 4.50. The van der Waals surface area contributed by atoms with Gasteiger partial charge in [0.2, 0.25) is 5.76 Å². The van der Waals surface area contributed by atoms with Gasteiger partial charge in [0, 0.05) is 6.20 Å². The molecule has 0 radical (unpaired) electrons. The summed E-state index contributed by atoms with van der Waals surface area (Å²) in [5.74, 6) is -0.754. The summed E-state index contributed by atoms with van der Waals surface area (Å²) in [5.41, 5.74) is 0.324. The van der Waals surface area contributed by atoms with E-state index >= 15 is 0 Å². The largest absolute Gasteiger partial charge is 0.475 e. The second-order valence-corrected chi connectivity index (χ2v) is 3.13. The van der Waals surface area contributed by atoms with Crippen molar-refractivity contribution in [3.05, 3.63) is 41.6 Å². The van der Waals surface area contributed by atoms with Gasteiger partial charge in [-0.15, -0.1) is 0 Å². The first-order chi connectivity index (χ1) is 7.69. The van der Waals surface area contributed by atoms with Crippen LogP contribution in [-0.4, -0.2) is 27.1 Å². The third-order valence-electron chi connectivity index (χ3n) is 1.97. The molecular weight excluding hydrogens is 212 g/mol. The molecule has 0 aliphatic rings. The molecule has 0 bridgehead atoms. The maximum absolute atomic E-state index is 10.6. The maximum atomic E-state index is 10.6. The highest BCUT2D eigenvalue weighted by Gasteiger charge is 2.09. The van der Waals surface area contributed by atoms with Gasteiger partial charge >= 0.3 is 5.97 Å². The van der Waals surface area contributed by atoms with E-state index in [9.17, 15) is 9.59 Å². The number of hydrogen-bond donors (Lipinski definition) is 1. The Hall–Kier alpha value is -2.37. The Morgan fingerprint density at radius 3 is 2.88 bits per heavy atom. The van der Waals surface area contributed by atoms with Crippen LogP contribution in [0, 0.1) is 0 Å². The fourth-order valence-corrected chi connectivity index (χ4v) is 1.27. The van der Waals surface area contributed by atoms with E-state index in [0.29, 0.717) is 24.3 Å². The Labute approximate surface area is 90.1 Å². The number of carboxylic acid groups (broad SMARTS) is 1. The van der Waals surface area contributed by atoms with Gasteiger partial charge in [-0.1, -0.05) is 0 Å². The van der Waals surface area contributed by atoms with Crippen LogP contribution in [0.5, 0.6) is 0 Å². The summed E-state index contributed by atoms with van der Waals surface area (Å²) in [6.45, 7) is 0.293. The molecule has 2 heterocycles. The molecule has 2 aromatic heterocycles. The lowest BCUT2D eigenvalue weighted by atomic mass is 10.4. The van der Waals surface area contributed by atoms with Crippen LogP contribution in [-0.2, 0) is 6.54 Å². The van der Waals surface area contributed by atoms with Gasteiger partial charge in [-0.2, -0.15) is 5.10 Å². The van der Waals surface area contributed by atoms with Crippen molar-refractivity contribution >= 4 is 12.3 Å². The number of hydrogen-bond acceptors (Lipinski definition) is 4. The zero-order chi connectivity index (χ0) is 11.5. The van der Waals surface area contributed by atoms with E-state index in [2.05, 4.69) is 5.10 Å². The number of carboxylic acids is 1. The average Bonchev–Trinajstić information content (AvgIpc) is 2.87. The lowest BCUT2D eigenvalue weighted by Crippen LogP contribution is -2.00. The summed E-state index contributed by atoms with van der Waals surface area (Å²) in [4.78, 5) is 20.9. The highest BCUT2D eigenvalue weighted by molar-refractivity contribution is 5.84. The molecule has 2 aromatic rings. The quantitative estimate of drug-likeness (QED) is 0.778. The van der Waals surface area contributed by atoms with E-state index in [1.807, 2.05) is 0 Å². The summed E-state index contributed by atoms with van der Waals surface area (Å²) in [5, 5.41) is 12.6. The first-order valence-electron chi connectivity index (χ1n) is 4.49. The Bertz CT molecular complexity index is 526. The molecule has 0 saturated carbocycles. The van der Waals surface area contributed by atoms with Crippen molar-refractivity contribution in [3.8, 4) is 0 Å². The molecule has 0 aromatic carbocycles. The summed E-state index contributed by atoms with van der Waals surface area (Å²) < 4.78 is 6.54. The lowest BCUT2D eigenvalue weighted by Gasteiger charge is -1.96. The van der Waals surface area contributed by atoms with E-state index in [1.165, 1.54) is 10.7 Å². The first kappa shape index (κ1) is 10.2. The molecule has 0 atom stereocenters. The third kappa shape index (κ3) is 2.00. The van der Waals surface area contributed by atoms with E-state index in [4.69, 9.17) is 9.52 Å². The normalized spacial score (nSPS) is 10.2. The van der Waals surface area contributed by atoms with Gasteiger partial charge in [0.1, 0.15) is 11.5 Å². The number of aromatic nitrogens is 2. The van der Waals surface area contributed by atoms with Crippen LogP contribution in [0.25, 0.3) is 0 Å². The second kappa shape index (κ2) is 4.01. The van der Waals surface area contributed by atoms with Crippen molar-refractivity contribution in [1.29, 1.82) is 0 Å². The molecule has 0 saturated heterocycles. The molecule has 0 spiro atoms. The van der Waals surface area contributed by atoms with Gasteiger partial charge in [-0.05, 0) is 18.2 Å². The van der Waals surface area contributed by atoms with Crippen LogP contribution in [0.15, 0.2) is 28.8 Å². The topological polar surface area (TPSA) is 85.3 Å². The molecule has 0 aliphatic heterocycles. The first-order valence-corrected chi connectivity index (χ1v) is 4.49. The molecular formula is C10H8N2O4. The van der Waals surface area contributed by atoms with Gasteiger partial charge in [0.05, 0.1) is 6.54 Å². The molecule has 0 amide bonds. The monoisotopic (exact) mass is 220 g/mol. The molecule has 16 heavy (non-hydrogen) atoms. The smallest absolute Gasteiger partial charge is 0.371 e. The third-order valence-corrected chi connectivity index (χ3v) is 1.97. The number of furan rings is 1. The van der Waals surface area contributed by atoms with E-state index in [1.54, 1.807) is 18.3 Å². The number of aldehydes is 1. The number of carbonyl (C=O) groups is 2. The Morgan fingerprint density at radius 2 is 2.31 bits per heavy atom. The Balaban J connectivity index is 2.13. The predicted molar refractivity (Wildman–Crippen MR) is 52.4 cm³/mol. The number of nitrogens with zero attached hydrogens (tertiary/aromatic N) is 2. The van der Waals surface area contributed by atoms with Crippen LogP contribution in [0.3, 0.4) is 0 Å². The number of aromatic carboxylic acids is 1. The molecule has 0 fully saturated rings. The van der Waals surface area contributed by atoms with Crippen LogP contribution in [0.4, 0.5) is 0 Å². The fraction of sp³-hybridized carbons (Fsp3) is 0.100. The molecule has 6 nitrogen and oxygen atoms in total. The predicted octanol–water partition coefficient (Wildman–Crippen LogP) is 1.04. The SMILES string of the molecule is O=Cc1ccn(Cc2ccc(C(=O)O)o2)n1. The average molecular weight is 220 g/mol. The van der Waals surface area contributed by atoms with Crippen LogP contribution >= 0.6 is 0 Å². The van der Waals surface area contributed by atoms with E-state index in [-0.39, 0.29) is 5.76 Å². The van der Waals surface area contributed by atoms with Crippen molar-refractivity contribution in [3.63, 3.8) is 0 Å². The summed E-state index contributed by atoms with van der Waals surface area (Å²) in [6.07, 6.45) is 2.26. The van der Waals surface area contributed by atoms with Crippen LogP contribution in [0.2, 0.25) is 0 Å².